The molecule has 1 fully saturated rings. The maximum Gasteiger partial charge on any atom is 0.510 e. The Bertz CT molecular complexity index is 1670. The van der Waals surface area contributed by atoms with Crippen molar-refractivity contribution in [3.05, 3.63) is 0 Å². The Morgan fingerprint density at radius 1 is 0.179 bits per heavy atom. The highest BCUT2D eigenvalue weighted by atomic mass is 31.3. The van der Waals surface area contributed by atoms with E-state index in [1.807, 2.05) is 0 Å². The van der Waals surface area contributed by atoms with Gasteiger partial charge in [0.1, 0.15) is 0 Å². The minimum absolute atomic E-state index is 0.301. The van der Waals surface area contributed by atoms with Crippen LogP contribution in [-0.2, 0) is 27.1 Å². The molecule has 1 saturated heterocycles. The molecule has 0 aromatic heterocycles. The fourth-order valence-electron chi connectivity index (χ4n) is 3.87. The van der Waals surface area contributed by atoms with E-state index in [4.69, 9.17) is 0 Å². The average molecular weight is 1330 g/mol. The van der Waals surface area contributed by atoms with E-state index in [2.05, 4.69) is 27.1 Å². The van der Waals surface area contributed by atoms with Crippen molar-refractivity contribution in [1.82, 2.24) is 14.6 Å². The van der Waals surface area contributed by atoms with Crippen LogP contribution in [0, 0.1) is 0 Å². The average Bonchev–Trinajstić information content (AvgIpc) is 3.19. The summed E-state index contributed by atoms with van der Waals surface area (Å²) >= 11 is 0. The van der Waals surface area contributed by atoms with Gasteiger partial charge in [-0.1, -0.05) is 0 Å². The van der Waals surface area contributed by atoms with E-state index in [-0.39, 0.29) is 14.6 Å². The van der Waals surface area contributed by atoms with Crippen LogP contribution < -0.4 is 14.6 Å². The van der Waals surface area contributed by atoms with Crippen LogP contribution in [0.15, 0.2) is 0 Å². The van der Waals surface area contributed by atoms with Gasteiger partial charge in [0.15, 0.2) is 39.6 Å². The van der Waals surface area contributed by atoms with Crippen molar-refractivity contribution >= 4 is 24.1 Å². The quantitative estimate of drug-likeness (QED) is 0.0646. The van der Waals surface area contributed by atoms with Gasteiger partial charge in [0, 0.05) is 0 Å². The highest BCUT2D eigenvalue weighted by Crippen LogP contribution is 2.83. The summed E-state index contributed by atoms with van der Waals surface area (Å²) in [6.07, 6.45) is -47.8. The molecule has 0 saturated carbocycles. The van der Waals surface area contributed by atoms with Gasteiger partial charge in [0.05, 0.1) is 14.6 Å². The first-order valence-electron chi connectivity index (χ1n) is 17.2. The fourth-order valence-corrected chi connectivity index (χ4v) is 14.8. The summed E-state index contributed by atoms with van der Waals surface area (Å²) in [5, 5.41) is 0. The molecule has 1 aliphatic heterocycles. The van der Waals surface area contributed by atoms with Crippen molar-refractivity contribution in [2.75, 3.05) is 39.6 Å². The van der Waals surface area contributed by atoms with Gasteiger partial charge < -0.3 is 0 Å². The van der Waals surface area contributed by atoms with E-state index >= 15 is 0 Å². The second-order valence-corrected chi connectivity index (χ2v) is 21.5. The van der Waals surface area contributed by atoms with Crippen LogP contribution in [0.1, 0.15) is 0 Å². The Labute approximate surface area is 399 Å². The number of hydrogen-bond acceptors (Lipinski definition) is 9. The van der Waals surface area contributed by atoms with Gasteiger partial charge in [-0.2, -0.15) is 212 Å². The zero-order valence-corrected chi connectivity index (χ0v) is 37.1. The van der Waals surface area contributed by atoms with E-state index < -0.39 is 172 Å². The molecule has 3 N–H and O–H groups in total. The smallest absolute Gasteiger partial charge is 0.197 e. The van der Waals surface area contributed by atoms with E-state index in [0.29, 0.717) is 0 Å². The Hall–Kier alpha value is -2.01. The van der Waals surface area contributed by atoms with Crippen molar-refractivity contribution in [3.63, 3.8) is 0 Å². The van der Waals surface area contributed by atoms with E-state index in [1.54, 1.807) is 0 Å². The minimum Gasteiger partial charge on any atom is -0.197 e. The van der Waals surface area contributed by atoms with Crippen molar-refractivity contribution < 1.29 is 212 Å². The second-order valence-electron chi connectivity index (χ2n) is 14.3. The van der Waals surface area contributed by atoms with Gasteiger partial charge in [0.2, 0.25) is 0 Å². The van der Waals surface area contributed by atoms with Gasteiger partial charge in [-0.15, -0.1) is 0 Å². The molecule has 0 radical (unpaired) electrons. The maximum absolute atomic E-state index is 14.6. The molecule has 1 heterocycles. The third-order valence-electron chi connectivity index (χ3n) is 8.25. The summed E-state index contributed by atoms with van der Waals surface area (Å²) < 4.78 is 596. The van der Waals surface area contributed by atoms with Crippen molar-refractivity contribution in [1.29, 1.82) is 0 Å². The molecule has 78 heavy (non-hydrogen) atoms. The Balaban J connectivity index is 5.10. The van der Waals surface area contributed by atoms with Crippen LogP contribution in [0.4, 0.5) is 184 Å². The molecule has 1 rings (SSSR count). The molecular weight excluding hydrogens is 1320 g/mol. The predicted molar refractivity (Wildman–Crippen MR) is 162 cm³/mol. The lowest BCUT2D eigenvalue weighted by Gasteiger charge is -2.38. The van der Waals surface area contributed by atoms with E-state index in [0.717, 1.165) is 0 Å². The Kier molecular flexibility index (Phi) is 20.2. The van der Waals surface area contributed by atoms with Gasteiger partial charge in [-0.05, 0) is 0 Å². The predicted octanol–water partition coefficient (Wildman–Crippen LogP) is 14.9. The number of rotatable bonds is 24. The largest absolute Gasteiger partial charge is 0.510 e. The lowest BCUT2D eigenvalue weighted by atomic mass is 10.2. The van der Waals surface area contributed by atoms with Crippen LogP contribution in [0.3, 0.4) is 0 Å². The monoisotopic (exact) mass is 1330 g/mol. The Morgan fingerprint density at radius 3 is 0.346 bits per heavy atom. The number of halogens is 42. The lowest BCUT2D eigenvalue weighted by molar-refractivity contribution is -0.360. The van der Waals surface area contributed by atoms with Crippen molar-refractivity contribution in [2.24, 2.45) is 0 Å². The minimum atomic E-state index is -8.63. The summed E-state index contributed by atoms with van der Waals surface area (Å²) in [6, 6.07) is 0. The molecule has 0 spiro atoms. The lowest BCUT2D eigenvalue weighted by Crippen LogP contribution is -2.59. The van der Waals surface area contributed by atoms with Crippen molar-refractivity contribution in [2.45, 2.75) is 108 Å². The molecule has 9 nitrogen and oxygen atoms in total. The molecule has 0 aromatic rings. The van der Waals surface area contributed by atoms with Gasteiger partial charge in [0.25, 0.3) is 0 Å². The fraction of sp³-hybridized carbons (Fsp3) is 1.00. The topological polar surface area (TPSA) is 91.5 Å². The highest BCUT2D eigenvalue weighted by molar-refractivity contribution is 7.92. The molecule has 0 aromatic carbocycles. The molecule has 468 valence electrons. The standard InChI is InChI=1S/C24H15F42N3O6P3/c25-7(26,13(37,38)19(49,50)51)1-70-76(71-2-8(27,28)14(39,40)20(52,53)54)67-77(72-3-9(29,30)15(41,42)21(55,56)57,73-4-10(31,32)16(43,44)22(58,59)60)69-78(68-76,74-5-11(33,34)17(45,46)23(61,62)63)75-6-12(35,36)18(47,48)24(64,65)66/h67-69H,1-6H2/q+3. The first-order chi connectivity index (χ1) is 33.4. The van der Waals surface area contributed by atoms with Crippen LogP contribution in [0.2, 0.25) is 0 Å². The number of nitrogens with one attached hydrogen (secondary N) is 3. The maximum atomic E-state index is 14.6. The Morgan fingerprint density at radius 2 is 0.269 bits per heavy atom. The van der Waals surface area contributed by atoms with Gasteiger partial charge in [-0.3, -0.25) is 0 Å². The molecule has 54 heteroatoms. The molecule has 0 unspecified atom stereocenters. The van der Waals surface area contributed by atoms with Gasteiger partial charge >= 0.3 is 132 Å². The zero-order chi connectivity index (χ0) is 63.1. The number of hydrogen-bond donors (Lipinski definition) is 3. The first kappa shape index (κ1) is 74.0. The van der Waals surface area contributed by atoms with Crippen LogP contribution >= 0.6 is 24.1 Å². The highest BCUT2D eigenvalue weighted by Gasteiger charge is 2.87. The third-order valence-corrected chi connectivity index (χ3v) is 17.5. The third kappa shape index (κ3) is 14.3. The molecule has 0 bridgehead atoms. The zero-order valence-electron chi connectivity index (χ0n) is 34.4. The second kappa shape index (κ2) is 21.3. The summed E-state index contributed by atoms with van der Waals surface area (Å²) in [6.45, 7) is -28.6. The first-order valence-corrected chi connectivity index (χ1v) is 22.1. The van der Waals surface area contributed by atoms with Crippen LogP contribution in [-0.4, -0.2) is 148 Å². The van der Waals surface area contributed by atoms with Gasteiger partial charge in [-0.25, -0.2) is 0 Å². The van der Waals surface area contributed by atoms with Crippen LogP contribution in [0.25, 0.3) is 0 Å². The number of alkyl halides is 42. The SMILES string of the molecule is FC(F)(F)C(F)(F)C(F)(F)CO[P+]1(OCC(F)(F)C(F)(F)C(F)(F)F)N[P+](OCC(F)(F)C(F)(F)C(F)(F)F)(OCC(F)(F)C(F)(F)C(F)(F)F)N[P+](OCC(F)(F)C(F)(F)C(F)(F)F)(OCC(F)(F)C(F)(F)C(F)(F)F)N1. The van der Waals surface area contributed by atoms with E-state index in [1.165, 1.54) is 0 Å². The molecular formula is C24H15F42N3O6P3+3. The summed E-state index contributed by atoms with van der Waals surface area (Å²) in [7, 11) is -25.9. The molecule has 0 aliphatic carbocycles. The summed E-state index contributed by atoms with van der Waals surface area (Å²) in [5.74, 6) is -94.7. The normalized spacial score (nSPS) is 19.2. The summed E-state index contributed by atoms with van der Waals surface area (Å²) in [4.78, 5) is -0.902. The molecule has 0 atom stereocenters. The molecule has 1 aliphatic rings. The summed E-state index contributed by atoms with van der Waals surface area (Å²) in [5.41, 5.74) is 0. The van der Waals surface area contributed by atoms with E-state index in [9.17, 15) is 184 Å². The van der Waals surface area contributed by atoms with Crippen LogP contribution in [0.5, 0.6) is 0 Å². The van der Waals surface area contributed by atoms with Crippen molar-refractivity contribution in [3.8, 4) is 0 Å². The molecule has 0 amide bonds.